The molecule has 1 aliphatic heterocycles. The molecule has 0 bridgehead atoms. The van der Waals surface area contributed by atoms with Crippen molar-refractivity contribution < 1.29 is 9.90 Å². The van der Waals surface area contributed by atoms with Crippen molar-refractivity contribution in [3.63, 3.8) is 0 Å². The second kappa shape index (κ2) is 6.89. The van der Waals surface area contributed by atoms with E-state index in [1.165, 1.54) is 11.1 Å². The number of piperidine rings is 1. The lowest BCUT2D eigenvalue weighted by molar-refractivity contribution is -0.143. The number of carboxylic acid groups (broad SMARTS) is 1. The van der Waals surface area contributed by atoms with Crippen LogP contribution in [0.1, 0.15) is 37.3 Å². The number of rotatable bonds is 5. The number of aliphatic carboxylic acids is 1. The van der Waals surface area contributed by atoms with Crippen molar-refractivity contribution in [1.29, 1.82) is 0 Å². The Morgan fingerprint density at radius 1 is 1.40 bits per heavy atom. The van der Waals surface area contributed by atoms with E-state index in [2.05, 4.69) is 43.0 Å². The summed E-state index contributed by atoms with van der Waals surface area (Å²) in [5.74, 6) is -0.823. The second-order valence-electron chi connectivity index (χ2n) is 5.92. The van der Waals surface area contributed by atoms with Gasteiger partial charge in [-0.3, -0.25) is 9.69 Å². The molecule has 0 radical (unpaired) electrons. The molecule has 1 aromatic rings. The van der Waals surface area contributed by atoms with Crippen LogP contribution in [0.4, 0.5) is 0 Å². The number of benzene rings is 1. The summed E-state index contributed by atoms with van der Waals surface area (Å²) in [6, 6.07) is 9.14. The molecule has 0 aliphatic carbocycles. The fourth-order valence-corrected chi connectivity index (χ4v) is 3.07. The number of hydrogen-bond donors (Lipinski definition) is 1. The Labute approximate surface area is 121 Å². The number of nitrogens with zero attached hydrogens (tertiary/aromatic N) is 1. The lowest BCUT2D eigenvalue weighted by atomic mass is 9.94. The quantitative estimate of drug-likeness (QED) is 0.897. The Kier molecular flexibility index (Phi) is 5.18. The molecule has 0 aromatic heterocycles. The predicted octanol–water partition coefficient (Wildman–Crippen LogP) is 3.11. The van der Waals surface area contributed by atoms with Crippen LogP contribution in [0.3, 0.4) is 0 Å². The van der Waals surface area contributed by atoms with E-state index in [0.29, 0.717) is 12.6 Å². The van der Waals surface area contributed by atoms with Gasteiger partial charge in [0.25, 0.3) is 0 Å². The summed E-state index contributed by atoms with van der Waals surface area (Å²) in [6.07, 6.45) is 3.91. The minimum Gasteiger partial charge on any atom is -0.481 e. The molecule has 2 unspecified atom stereocenters. The SMILES string of the molecule is CCC(Cc1ccc(C)cc1)N1CCCC(C(=O)O)C1. The molecular weight excluding hydrogens is 250 g/mol. The molecule has 0 spiro atoms. The van der Waals surface area contributed by atoms with Crippen LogP contribution in [0, 0.1) is 12.8 Å². The molecule has 1 heterocycles. The van der Waals surface area contributed by atoms with Crippen molar-refractivity contribution in [3.05, 3.63) is 35.4 Å². The van der Waals surface area contributed by atoms with Crippen LogP contribution in [-0.2, 0) is 11.2 Å². The van der Waals surface area contributed by atoms with Gasteiger partial charge in [0.15, 0.2) is 0 Å². The van der Waals surface area contributed by atoms with Gasteiger partial charge in [-0.25, -0.2) is 0 Å². The first kappa shape index (κ1) is 15.0. The third kappa shape index (κ3) is 3.83. The molecule has 2 rings (SSSR count). The average molecular weight is 275 g/mol. The van der Waals surface area contributed by atoms with Crippen molar-refractivity contribution in [2.45, 2.75) is 45.6 Å². The van der Waals surface area contributed by atoms with Crippen LogP contribution < -0.4 is 0 Å². The van der Waals surface area contributed by atoms with E-state index in [1.54, 1.807) is 0 Å². The standard InChI is InChI=1S/C17H25NO2/c1-3-16(11-14-8-6-13(2)7-9-14)18-10-4-5-15(12-18)17(19)20/h6-9,15-16H,3-5,10-12H2,1-2H3,(H,19,20). The maximum Gasteiger partial charge on any atom is 0.307 e. The van der Waals surface area contributed by atoms with Crippen molar-refractivity contribution in [2.24, 2.45) is 5.92 Å². The number of likely N-dealkylation sites (tertiary alicyclic amines) is 1. The number of aryl methyl sites for hydroxylation is 1. The summed E-state index contributed by atoms with van der Waals surface area (Å²) in [6.45, 7) is 6.04. The van der Waals surface area contributed by atoms with Crippen molar-refractivity contribution >= 4 is 5.97 Å². The van der Waals surface area contributed by atoms with Crippen LogP contribution >= 0.6 is 0 Å². The van der Waals surface area contributed by atoms with Crippen LogP contribution in [0.2, 0.25) is 0 Å². The molecule has 0 amide bonds. The van der Waals surface area contributed by atoms with Crippen LogP contribution in [0.25, 0.3) is 0 Å². The first-order valence-corrected chi connectivity index (χ1v) is 7.62. The highest BCUT2D eigenvalue weighted by Gasteiger charge is 2.28. The molecule has 1 saturated heterocycles. The van der Waals surface area contributed by atoms with Gasteiger partial charge in [-0.15, -0.1) is 0 Å². The fraction of sp³-hybridized carbons (Fsp3) is 0.588. The highest BCUT2D eigenvalue weighted by Crippen LogP contribution is 2.22. The highest BCUT2D eigenvalue weighted by atomic mass is 16.4. The second-order valence-corrected chi connectivity index (χ2v) is 5.92. The zero-order chi connectivity index (χ0) is 14.5. The number of hydrogen-bond acceptors (Lipinski definition) is 2. The van der Waals surface area contributed by atoms with Crippen LogP contribution in [-0.4, -0.2) is 35.1 Å². The molecule has 1 N–H and O–H groups in total. The van der Waals surface area contributed by atoms with E-state index < -0.39 is 5.97 Å². The summed E-state index contributed by atoms with van der Waals surface area (Å²) in [5.41, 5.74) is 2.63. The molecule has 1 aliphatic rings. The Bertz CT molecular complexity index is 441. The van der Waals surface area contributed by atoms with Gasteiger partial charge < -0.3 is 5.11 Å². The van der Waals surface area contributed by atoms with Gasteiger partial charge in [-0.2, -0.15) is 0 Å². The van der Waals surface area contributed by atoms with E-state index in [4.69, 9.17) is 0 Å². The van der Waals surface area contributed by atoms with Gasteiger partial charge in [0.1, 0.15) is 0 Å². The first-order valence-electron chi connectivity index (χ1n) is 7.62. The van der Waals surface area contributed by atoms with E-state index >= 15 is 0 Å². The normalized spacial score (nSPS) is 21.6. The maximum atomic E-state index is 11.2. The molecule has 3 nitrogen and oxygen atoms in total. The van der Waals surface area contributed by atoms with Gasteiger partial charge in [0.2, 0.25) is 0 Å². The first-order chi connectivity index (χ1) is 9.60. The van der Waals surface area contributed by atoms with E-state index in [0.717, 1.165) is 32.2 Å². The topological polar surface area (TPSA) is 40.5 Å². The van der Waals surface area contributed by atoms with Gasteiger partial charge in [0, 0.05) is 12.6 Å². The smallest absolute Gasteiger partial charge is 0.307 e. The minimum atomic E-state index is -0.639. The molecule has 1 fully saturated rings. The van der Waals surface area contributed by atoms with E-state index in [-0.39, 0.29) is 5.92 Å². The zero-order valence-electron chi connectivity index (χ0n) is 12.5. The van der Waals surface area contributed by atoms with E-state index in [1.807, 2.05) is 0 Å². The number of carboxylic acids is 1. The van der Waals surface area contributed by atoms with Crippen molar-refractivity contribution in [1.82, 2.24) is 4.90 Å². The Balaban J connectivity index is 2.00. The Hall–Kier alpha value is -1.35. The Morgan fingerprint density at radius 3 is 2.70 bits per heavy atom. The zero-order valence-corrected chi connectivity index (χ0v) is 12.5. The number of carbonyl (C=O) groups is 1. The van der Waals surface area contributed by atoms with Gasteiger partial charge in [-0.1, -0.05) is 36.8 Å². The molecule has 1 aromatic carbocycles. The molecule has 2 atom stereocenters. The Morgan fingerprint density at radius 2 is 2.10 bits per heavy atom. The summed E-state index contributed by atoms with van der Waals surface area (Å²) in [5, 5.41) is 9.20. The van der Waals surface area contributed by atoms with Crippen molar-refractivity contribution in [3.8, 4) is 0 Å². The molecule has 3 heteroatoms. The monoisotopic (exact) mass is 275 g/mol. The maximum absolute atomic E-state index is 11.2. The van der Waals surface area contributed by atoms with Gasteiger partial charge >= 0.3 is 5.97 Å². The summed E-state index contributed by atoms with van der Waals surface area (Å²) >= 11 is 0. The fourth-order valence-electron chi connectivity index (χ4n) is 3.07. The average Bonchev–Trinajstić information content (AvgIpc) is 2.46. The van der Waals surface area contributed by atoms with Gasteiger partial charge in [0.05, 0.1) is 5.92 Å². The largest absolute Gasteiger partial charge is 0.481 e. The highest BCUT2D eigenvalue weighted by molar-refractivity contribution is 5.70. The molecule has 0 saturated carbocycles. The summed E-state index contributed by atoms with van der Waals surface area (Å²) in [4.78, 5) is 13.6. The minimum absolute atomic E-state index is 0.184. The van der Waals surface area contributed by atoms with E-state index in [9.17, 15) is 9.90 Å². The van der Waals surface area contributed by atoms with Crippen LogP contribution in [0.5, 0.6) is 0 Å². The third-order valence-corrected chi connectivity index (χ3v) is 4.38. The predicted molar refractivity (Wildman–Crippen MR) is 80.9 cm³/mol. The van der Waals surface area contributed by atoms with Crippen LogP contribution in [0.15, 0.2) is 24.3 Å². The lowest BCUT2D eigenvalue weighted by Crippen LogP contribution is -2.45. The van der Waals surface area contributed by atoms with Gasteiger partial charge in [-0.05, 0) is 44.7 Å². The summed E-state index contributed by atoms with van der Waals surface area (Å²) in [7, 11) is 0. The molecular formula is C17H25NO2. The lowest BCUT2D eigenvalue weighted by Gasteiger charge is -2.36. The molecule has 110 valence electrons. The summed E-state index contributed by atoms with van der Waals surface area (Å²) < 4.78 is 0. The third-order valence-electron chi connectivity index (χ3n) is 4.38. The van der Waals surface area contributed by atoms with Crippen molar-refractivity contribution in [2.75, 3.05) is 13.1 Å². The molecule has 20 heavy (non-hydrogen) atoms.